The molecule has 0 amide bonds. The van der Waals surface area contributed by atoms with Gasteiger partial charge in [-0.15, -0.1) is 22.7 Å². The number of nitrogens with one attached hydrogen (secondary N) is 2. The highest BCUT2D eigenvalue weighted by molar-refractivity contribution is 7.15. The van der Waals surface area contributed by atoms with E-state index >= 15 is 0 Å². The first-order valence-electron chi connectivity index (χ1n) is 7.95. The highest BCUT2D eigenvalue weighted by atomic mass is 32.1. The Morgan fingerprint density at radius 3 is 2.92 bits per heavy atom. The average Bonchev–Trinajstić information content (AvgIpc) is 3.25. The maximum absolute atomic E-state index is 4.70. The van der Waals surface area contributed by atoms with Gasteiger partial charge in [-0.3, -0.25) is 4.99 Å². The number of aryl methyl sites for hydroxylation is 1. The van der Waals surface area contributed by atoms with Crippen molar-refractivity contribution in [1.29, 1.82) is 0 Å². The number of aliphatic imine (C=N–C) groups is 1. The quantitative estimate of drug-likeness (QED) is 0.722. The summed E-state index contributed by atoms with van der Waals surface area (Å²) in [6.07, 6.45) is 1.09. The third-order valence-corrected chi connectivity index (χ3v) is 5.65. The van der Waals surface area contributed by atoms with Crippen LogP contribution in [-0.2, 0) is 0 Å². The SMILES string of the molecule is Cc1ccccc1-c1cc(-c2csc(NC3=NCCCN3)n2)cs1. The lowest BCUT2D eigenvalue weighted by molar-refractivity contribution is 0.740. The van der Waals surface area contributed by atoms with Crippen molar-refractivity contribution >= 4 is 33.8 Å². The summed E-state index contributed by atoms with van der Waals surface area (Å²) in [5.74, 6) is 0.827. The predicted octanol–water partition coefficient (Wildman–Crippen LogP) is 4.61. The Labute approximate surface area is 149 Å². The molecule has 0 saturated heterocycles. The van der Waals surface area contributed by atoms with Crippen LogP contribution in [0.5, 0.6) is 0 Å². The molecule has 4 nitrogen and oxygen atoms in total. The van der Waals surface area contributed by atoms with E-state index in [1.807, 2.05) is 0 Å². The second-order valence-electron chi connectivity index (χ2n) is 5.69. The van der Waals surface area contributed by atoms with E-state index < -0.39 is 0 Å². The summed E-state index contributed by atoms with van der Waals surface area (Å²) in [6, 6.07) is 10.7. The van der Waals surface area contributed by atoms with Crippen LogP contribution in [0.15, 0.2) is 46.1 Å². The minimum Gasteiger partial charge on any atom is -0.356 e. The van der Waals surface area contributed by atoms with Crippen LogP contribution in [0.4, 0.5) is 5.13 Å². The minimum atomic E-state index is 0.827. The lowest BCUT2D eigenvalue weighted by atomic mass is 10.1. The van der Waals surface area contributed by atoms with Crippen LogP contribution in [0, 0.1) is 6.92 Å². The Kier molecular flexibility index (Phi) is 4.32. The lowest BCUT2D eigenvalue weighted by Crippen LogP contribution is -2.35. The van der Waals surface area contributed by atoms with Gasteiger partial charge in [0.25, 0.3) is 0 Å². The molecule has 4 rings (SSSR count). The van der Waals surface area contributed by atoms with Gasteiger partial charge in [-0.2, -0.15) is 0 Å². The molecule has 3 heterocycles. The zero-order valence-electron chi connectivity index (χ0n) is 13.4. The molecule has 0 saturated carbocycles. The van der Waals surface area contributed by atoms with Gasteiger partial charge in [0.1, 0.15) is 0 Å². The van der Waals surface area contributed by atoms with Crippen LogP contribution in [0.1, 0.15) is 12.0 Å². The van der Waals surface area contributed by atoms with Gasteiger partial charge in [-0.1, -0.05) is 24.3 Å². The Bertz CT molecular complexity index is 879. The van der Waals surface area contributed by atoms with E-state index in [9.17, 15) is 0 Å². The molecular weight excluding hydrogens is 336 g/mol. The molecule has 0 atom stereocenters. The van der Waals surface area contributed by atoms with Crippen molar-refractivity contribution in [2.75, 3.05) is 18.4 Å². The first kappa shape index (κ1) is 15.4. The summed E-state index contributed by atoms with van der Waals surface area (Å²) >= 11 is 3.37. The maximum Gasteiger partial charge on any atom is 0.197 e. The van der Waals surface area contributed by atoms with E-state index in [0.29, 0.717) is 0 Å². The molecule has 122 valence electrons. The van der Waals surface area contributed by atoms with Crippen LogP contribution in [0.25, 0.3) is 21.7 Å². The highest BCUT2D eigenvalue weighted by Gasteiger charge is 2.11. The zero-order valence-corrected chi connectivity index (χ0v) is 15.0. The monoisotopic (exact) mass is 354 g/mol. The molecule has 0 spiro atoms. The smallest absolute Gasteiger partial charge is 0.197 e. The number of aromatic nitrogens is 1. The molecule has 2 N–H and O–H groups in total. The van der Waals surface area contributed by atoms with Crippen molar-refractivity contribution in [3.8, 4) is 21.7 Å². The van der Waals surface area contributed by atoms with Gasteiger partial charge >= 0.3 is 0 Å². The van der Waals surface area contributed by atoms with Crippen LogP contribution < -0.4 is 10.6 Å². The highest BCUT2D eigenvalue weighted by Crippen LogP contribution is 2.35. The van der Waals surface area contributed by atoms with Crippen molar-refractivity contribution in [2.45, 2.75) is 13.3 Å². The minimum absolute atomic E-state index is 0.827. The first-order valence-corrected chi connectivity index (χ1v) is 9.71. The fraction of sp³-hybridized carbons (Fsp3) is 0.222. The molecule has 0 unspecified atom stereocenters. The maximum atomic E-state index is 4.70. The molecule has 0 bridgehead atoms. The number of anilines is 1. The van der Waals surface area contributed by atoms with Gasteiger partial charge in [-0.05, 0) is 30.5 Å². The lowest BCUT2D eigenvalue weighted by Gasteiger charge is -2.14. The third kappa shape index (κ3) is 3.20. The summed E-state index contributed by atoms with van der Waals surface area (Å²) in [4.78, 5) is 10.4. The number of guanidine groups is 1. The molecule has 3 aromatic rings. The summed E-state index contributed by atoms with van der Waals surface area (Å²) in [5, 5.41) is 11.7. The second-order valence-corrected chi connectivity index (χ2v) is 7.46. The normalized spacial score (nSPS) is 14.1. The summed E-state index contributed by atoms with van der Waals surface area (Å²) in [7, 11) is 0. The molecule has 1 aromatic carbocycles. The Hall–Kier alpha value is -2.18. The number of hydrogen-bond acceptors (Lipinski definition) is 6. The summed E-state index contributed by atoms with van der Waals surface area (Å²) in [5.41, 5.74) is 4.77. The number of rotatable bonds is 3. The van der Waals surface area contributed by atoms with Crippen molar-refractivity contribution in [1.82, 2.24) is 10.3 Å². The van der Waals surface area contributed by atoms with Crippen LogP contribution in [0.2, 0.25) is 0 Å². The van der Waals surface area contributed by atoms with Crippen LogP contribution in [0.3, 0.4) is 0 Å². The van der Waals surface area contributed by atoms with E-state index in [1.165, 1.54) is 21.6 Å². The summed E-state index contributed by atoms with van der Waals surface area (Å²) in [6.45, 7) is 3.99. The van der Waals surface area contributed by atoms with Gasteiger partial charge in [0.2, 0.25) is 0 Å². The van der Waals surface area contributed by atoms with Crippen molar-refractivity contribution in [2.24, 2.45) is 4.99 Å². The summed E-state index contributed by atoms with van der Waals surface area (Å²) < 4.78 is 0. The predicted molar refractivity (Wildman–Crippen MR) is 104 cm³/mol. The second kappa shape index (κ2) is 6.75. The molecule has 1 aliphatic rings. The Morgan fingerprint density at radius 1 is 1.17 bits per heavy atom. The van der Waals surface area contributed by atoms with Gasteiger partial charge in [0, 0.05) is 34.3 Å². The molecule has 24 heavy (non-hydrogen) atoms. The largest absolute Gasteiger partial charge is 0.356 e. The number of benzene rings is 1. The van der Waals surface area contributed by atoms with Crippen LogP contribution in [-0.4, -0.2) is 24.0 Å². The molecule has 0 fully saturated rings. The van der Waals surface area contributed by atoms with Crippen molar-refractivity contribution in [3.05, 3.63) is 46.7 Å². The third-order valence-electron chi connectivity index (χ3n) is 3.93. The standard InChI is InChI=1S/C18H18N4S2/c1-12-5-2-3-6-14(12)16-9-13(10-23-16)15-11-24-18(21-15)22-17-19-7-4-8-20-17/h2-3,5-6,9-11H,4,7-8H2,1H3,(H2,19,20,21,22). The average molecular weight is 355 g/mol. The topological polar surface area (TPSA) is 49.3 Å². The molecule has 2 aromatic heterocycles. The molecular formula is C18H18N4S2. The number of hydrogen-bond donors (Lipinski definition) is 2. The number of nitrogens with zero attached hydrogens (tertiary/aromatic N) is 2. The van der Waals surface area contributed by atoms with Gasteiger partial charge in [-0.25, -0.2) is 4.98 Å². The fourth-order valence-electron chi connectivity index (χ4n) is 2.64. The van der Waals surface area contributed by atoms with Crippen molar-refractivity contribution in [3.63, 3.8) is 0 Å². The van der Waals surface area contributed by atoms with E-state index in [2.05, 4.69) is 63.6 Å². The van der Waals surface area contributed by atoms with E-state index in [4.69, 9.17) is 4.98 Å². The van der Waals surface area contributed by atoms with E-state index in [1.54, 1.807) is 22.7 Å². The Balaban J connectivity index is 1.55. The van der Waals surface area contributed by atoms with E-state index in [0.717, 1.165) is 36.3 Å². The number of thiazole rings is 1. The zero-order chi connectivity index (χ0) is 16.4. The molecule has 6 heteroatoms. The van der Waals surface area contributed by atoms with Gasteiger partial charge < -0.3 is 10.6 Å². The molecule has 0 aliphatic carbocycles. The molecule has 0 radical (unpaired) electrons. The number of thiophene rings is 1. The van der Waals surface area contributed by atoms with E-state index in [-0.39, 0.29) is 0 Å². The fourth-order valence-corrected chi connectivity index (χ4v) is 4.35. The Morgan fingerprint density at radius 2 is 2.08 bits per heavy atom. The van der Waals surface area contributed by atoms with Gasteiger partial charge in [0.05, 0.1) is 5.69 Å². The van der Waals surface area contributed by atoms with Gasteiger partial charge in [0.15, 0.2) is 11.1 Å². The van der Waals surface area contributed by atoms with Crippen LogP contribution >= 0.6 is 22.7 Å². The first-order chi connectivity index (χ1) is 11.8. The van der Waals surface area contributed by atoms with Crippen molar-refractivity contribution < 1.29 is 0 Å². The molecule has 1 aliphatic heterocycles.